The lowest BCUT2D eigenvalue weighted by molar-refractivity contribution is 0.0541. The first-order valence-electron chi connectivity index (χ1n) is 7.93. The van der Waals surface area contributed by atoms with Crippen LogP contribution < -0.4 is 0 Å². The molecule has 1 aromatic carbocycles. The van der Waals surface area contributed by atoms with Crippen LogP contribution in [0.4, 0.5) is 4.39 Å². The normalized spacial score (nSPS) is 14.9. The van der Waals surface area contributed by atoms with Crippen LogP contribution in [0.5, 0.6) is 0 Å². The summed E-state index contributed by atoms with van der Waals surface area (Å²) < 4.78 is 14.6. The van der Waals surface area contributed by atoms with Crippen molar-refractivity contribution in [1.82, 2.24) is 9.80 Å². The smallest absolute Gasteiger partial charge is 0.264 e. The third kappa shape index (κ3) is 3.05. The summed E-state index contributed by atoms with van der Waals surface area (Å²) in [4.78, 5) is 29.8. The SMILES string of the molecule is O=C(c1cccs1)N1CCN(C(=O)c2cc3c(F)cccc3s2)CC1. The average Bonchev–Trinajstić information content (AvgIpc) is 3.31. The molecule has 1 aliphatic rings. The van der Waals surface area contributed by atoms with Crippen LogP contribution >= 0.6 is 22.7 Å². The van der Waals surface area contributed by atoms with E-state index in [9.17, 15) is 14.0 Å². The molecule has 0 N–H and O–H groups in total. The molecule has 3 heterocycles. The lowest BCUT2D eigenvalue weighted by Crippen LogP contribution is -2.50. The van der Waals surface area contributed by atoms with Gasteiger partial charge in [-0.25, -0.2) is 4.39 Å². The zero-order valence-electron chi connectivity index (χ0n) is 13.3. The summed E-state index contributed by atoms with van der Waals surface area (Å²) in [7, 11) is 0. The molecule has 7 heteroatoms. The minimum absolute atomic E-state index is 0.0195. The van der Waals surface area contributed by atoms with Crippen LogP contribution in [0.3, 0.4) is 0 Å². The number of amides is 2. The molecule has 0 bridgehead atoms. The molecule has 1 saturated heterocycles. The summed E-state index contributed by atoms with van der Waals surface area (Å²) >= 11 is 2.74. The number of nitrogens with zero attached hydrogens (tertiary/aromatic N) is 2. The monoisotopic (exact) mass is 374 g/mol. The van der Waals surface area contributed by atoms with E-state index in [-0.39, 0.29) is 17.6 Å². The Morgan fingerprint density at radius 2 is 1.60 bits per heavy atom. The van der Waals surface area contributed by atoms with Crippen LogP contribution in [0, 0.1) is 5.82 Å². The number of rotatable bonds is 2. The molecule has 0 unspecified atom stereocenters. The molecule has 4 nitrogen and oxygen atoms in total. The van der Waals surface area contributed by atoms with E-state index in [0.717, 1.165) is 9.58 Å². The van der Waals surface area contributed by atoms with E-state index in [1.807, 2.05) is 23.6 Å². The summed E-state index contributed by atoms with van der Waals surface area (Å²) in [6.45, 7) is 2.02. The number of piperazine rings is 1. The third-order valence-electron chi connectivity index (χ3n) is 4.31. The Labute approximate surface area is 152 Å². The van der Waals surface area contributed by atoms with Gasteiger partial charge in [-0.05, 0) is 29.6 Å². The van der Waals surface area contributed by atoms with E-state index >= 15 is 0 Å². The van der Waals surface area contributed by atoms with Crippen LogP contribution in [-0.2, 0) is 0 Å². The highest BCUT2D eigenvalue weighted by atomic mass is 32.1. The fourth-order valence-electron chi connectivity index (χ4n) is 2.96. The number of hydrogen-bond donors (Lipinski definition) is 0. The van der Waals surface area contributed by atoms with Gasteiger partial charge < -0.3 is 9.80 Å². The van der Waals surface area contributed by atoms with Crippen molar-refractivity contribution in [3.63, 3.8) is 0 Å². The second-order valence-corrected chi connectivity index (χ2v) is 7.86. The molecular weight excluding hydrogens is 359 g/mol. The molecule has 0 radical (unpaired) electrons. The van der Waals surface area contributed by atoms with E-state index < -0.39 is 0 Å². The first-order chi connectivity index (χ1) is 12.1. The predicted octanol–water partition coefficient (Wildman–Crippen LogP) is 3.70. The minimum Gasteiger partial charge on any atom is -0.334 e. The summed E-state index contributed by atoms with van der Waals surface area (Å²) in [6.07, 6.45) is 0. The Morgan fingerprint density at radius 3 is 2.20 bits per heavy atom. The fourth-order valence-corrected chi connectivity index (χ4v) is 4.69. The summed E-state index contributed by atoms with van der Waals surface area (Å²) in [5, 5.41) is 2.37. The van der Waals surface area contributed by atoms with Gasteiger partial charge in [0.15, 0.2) is 0 Å². The molecule has 2 amide bonds. The Kier molecular flexibility index (Phi) is 4.27. The Hall–Kier alpha value is -2.25. The van der Waals surface area contributed by atoms with E-state index in [0.29, 0.717) is 36.4 Å². The Bertz CT molecular complexity index is 928. The second-order valence-electron chi connectivity index (χ2n) is 5.82. The largest absolute Gasteiger partial charge is 0.334 e. The minimum atomic E-state index is -0.306. The molecule has 1 fully saturated rings. The van der Waals surface area contributed by atoms with Gasteiger partial charge in [-0.15, -0.1) is 22.7 Å². The quantitative estimate of drug-likeness (QED) is 0.686. The Morgan fingerprint density at radius 1 is 0.920 bits per heavy atom. The van der Waals surface area contributed by atoms with Crippen molar-refractivity contribution < 1.29 is 14.0 Å². The van der Waals surface area contributed by atoms with Crippen molar-refractivity contribution in [2.45, 2.75) is 0 Å². The number of thiophene rings is 2. The molecule has 128 valence electrons. The van der Waals surface area contributed by atoms with E-state index in [1.165, 1.54) is 28.7 Å². The van der Waals surface area contributed by atoms with Crippen molar-refractivity contribution in [1.29, 1.82) is 0 Å². The molecule has 25 heavy (non-hydrogen) atoms. The maximum absolute atomic E-state index is 13.8. The zero-order chi connectivity index (χ0) is 17.4. The van der Waals surface area contributed by atoms with Gasteiger partial charge in [0.2, 0.25) is 0 Å². The third-order valence-corrected chi connectivity index (χ3v) is 6.25. The van der Waals surface area contributed by atoms with Crippen molar-refractivity contribution in [3.8, 4) is 0 Å². The van der Waals surface area contributed by atoms with Gasteiger partial charge in [-0.2, -0.15) is 0 Å². The van der Waals surface area contributed by atoms with Crippen LogP contribution in [0.2, 0.25) is 0 Å². The Balaban J connectivity index is 1.45. The molecule has 3 aromatic rings. The van der Waals surface area contributed by atoms with E-state index in [4.69, 9.17) is 0 Å². The van der Waals surface area contributed by atoms with Crippen LogP contribution in [0.1, 0.15) is 19.3 Å². The molecule has 0 saturated carbocycles. The first-order valence-corrected chi connectivity index (χ1v) is 9.63. The lowest BCUT2D eigenvalue weighted by atomic mass is 10.2. The summed E-state index contributed by atoms with van der Waals surface area (Å²) in [5.41, 5.74) is 0. The molecule has 0 spiro atoms. The van der Waals surface area contributed by atoms with Gasteiger partial charge in [0, 0.05) is 36.3 Å². The number of carbonyl (C=O) groups excluding carboxylic acids is 2. The molecular formula is C18H15FN2O2S2. The van der Waals surface area contributed by atoms with Crippen molar-refractivity contribution in [3.05, 3.63) is 57.3 Å². The van der Waals surface area contributed by atoms with Gasteiger partial charge in [-0.3, -0.25) is 9.59 Å². The number of benzene rings is 1. The van der Waals surface area contributed by atoms with Gasteiger partial charge in [-0.1, -0.05) is 12.1 Å². The summed E-state index contributed by atoms with van der Waals surface area (Å²) in [5.74, 6) is -0.381. The molecule has 0 atom stereocenters. The van der Waals surface area contributed by atoms with Crippen LogP contribution in [0.15, 0.2) is 41.8 Å². The van der Waals surface area contributed by atoms with E-state index in [1.54, 1.807) is 21.9 Å². The van der Waals surface area contributed by atoms with Crippen LogP contribution in [-0.4, -0.2) is 47.8 Å². The second kappa shape index (κ2) is 6.57. The topological polar surface area (TPSA) is 40.6 Å². The van der Waals surface area contributed by atoms with Gasteiger partial charge >= 0.3 is 0 Å². The first kappa shape index (κ1) is 16.2. The number of carbonyl (C=O) groups is 2. The van der Waals surface area contributed by atoms with Gasteiger partial charge in [0.25, 0.3) is 11.8 Å². The zero-order valence-corrected chi connectivity index (χ0v) is 14.9. The van der Waals surface area contributed by atoms with E-state index in [2.05, 4.69) is 0 Å². The lowest BCUT2D eigenvalue weighted by Gasteiger charge is -2.34. The highest BCUT2D eigenvalue weighted by Crippen LogP contribution is 2.28. The molecule has 4 rings (SSSR count). The average molecular weight is 374 g/mol. The fraction of sp³-hybridized carbons (Fsp3) is 0.222. The van der Waals surface area contributed by atoms with Crippen LogP contribution in [0.25, 0.3) is 10.1 Å². The summed E-state index contributed by atoms with van der Waals surface area (Å²) in [6, 6.07) is 10.2. The molecule has 2 aromatic heterocycles. The predicted molar refractivity (Wildman–Crippen MR) is 97.9 cm³/mol. The van der Waals surface area contributed by atoms with Crippen molar-refractivity contribution in [2.75, 3.05) is 26.2 Å². The highest BCUT2D eigenvalue weighted by molar-refractivity contribution is 7.20. The maximum atomic E-state index is 13.8. The maximum Gasteiger partial charge on any atom is 0.264 e. The number of fused-ring (bicyclic) bond motifs is 1. The molecule has 0 aliphatic carbocycles. The van der Waals surface area contributed by atoms with Gasteiger partial charge in [0.1, 0.15) is 5.82 Å². The number of halogens is 1. The van der Waals surface area contributed by atoms with Crippen molar-refractivity contribution >= 4 is 44.6 Å². The number of hydrogen-bond acceptors (Lipinski definition) is 4. The van der Waals surface area contributed by atoms with Gasteiger partial charge in [0.05, 0.1) is 9.75 Å². The van der Waals surface area contributed by atoms with Crippen molar-refractivity contribution in [2.24, 2.45) is 0 Å². The highest BCUT2D eigenvalue weighted by Gasteiger charge is 2.26. The standard InChI is InChI=1S/C18H15FN2O2S2/c19-13-3-1-4-14-12(13)11-16(25-14)18(23)21-8-6-20(7-9-21)17(22)15-5-2-10-24-15/h1-5,10-11H,6-9H2. The molecule has 1 aliphatic heterocycles.